The number of aromatic nitrogens is 3. The van der Waals surface area contributed by atoms with Gasteiger partial charge < -0.3 is 5.11 Å². The van der Waals surface area contributed by atoms with Crippen LogP contribution in [-0.4, -0.2) is 31.1 Å². The number of aryl methyl sites for hydroxylation is 2. The molecule has 1 fully saturated rings. The van der Waals surface area contributed by atoms with Crippen molar-refractivity contribution in [1.82, 2.24) is 14.1 Å². The number of rotatable bonds is 4. The van der Waals surface area contributed by atoms with Crippen LogP contribution >= 0.6 is 0 Å². The summed E-state index contributed by atoms with van der Waals surface area (Å²) in [5.74, 6) is -4.57. The molecule has 2 aromatic heterocycles. The molecule has 4 rings (SSSR count). The van der Waals surface area contributed by atoms with E-state index in [0.29, 0.717) is 22.4 Å². The number of pyridine rings is 1. The number of carboxylic acids is 1. The summed E-state index contributed by atoms with van der Waals surface area (Å²) in [5.41, 5.74) is 2.61. The summed E-state index contributed by atoms with van der Waals surface area (Å²) in [6.07, 6.45) is -0.206. The number of nitrogens with zero attached hydrogens (tertiary/aromatic N) is 3. The lowest BCUT2D eigenvalue weighted by Gasteiger charge is -2.08. The van der Waals surface area contributed by atoms with Crippen LogP contribution in [0.2, 0.25) is 0 Å². The van der Waals surface area contributed by atoms with Crippen molar-refractivity contribution in [2.24, 2.45) is 13.0 Å². The summed E-state index contributed by atoms with van der Waals surface area (Å²) >= 11 is 0. The van der Waals surface area contributed by atoms with Crippen molar-refractivity contribution in [3.63, 3.8) is 0 Å². The van der Waals surface area contributed by atoms with Gasteiger partial charge in [0.15, 0.2) is 5.65 Å². The van der Waals surface area contributed by atoms with Gasteiger partial charge in [0.2, 0.25) is 0 Å². The second-order valence-electron chi connectivity index (χ2n) is 6.99. The molecule has 6 nitrogen and oxygen atoms in total. The van der Waals surface area contributed by atoms with E-state index in [1.807, 2.05) is 6.92 Å². The topological polar surface area (TPSA) is 77.1 Å². The Morgan fingerprint density at radius 3 is 2.67 bits per heavy atom. The van der Waals surface area contributed by atoms with E-state index in [4.69, 9.17) is 0 Å². The van der Waals surface area contributed by atoms with Gasteiger partial charge in [0, 0.05) is 31.5 Å². The summed E-state index contributed by atoms with van der Waals surface area (Å²) in [6.45, 7) is 1.80. The zero-order chi connectivity index (χ0) is 19.5. The first-order chi connectivity index (χ1) is 12.7. The number of aromatic carboxylic acids is 1. The number of carboxylic acid groups (broad SMARTS) is 1. The van der Waals surface area contributed by atoms with E-state index in [1.54, 1.807) is 25.2 Å². The molecular weight excluding hydrogens is 356 g/mol. The number of alkyl halides is 2. The first kappa shape index (κ1) is 17.4. The van der Waals surface area contributed by atoms with Crippen molar-refractivity contribution in [1.29, 1.82) is 0 Å². The highest BCUT2D eigenvalue weighted by Crippen LogP contribution is 2.49. The fraction of sp³-hybridized carbons (Fsp3) is 0.316. The van der Waals surface area contributed by atoms with Gasteiger partial charge in [-0.2, -0.15) is 0 Å². The fourth-order valence-electron chi connectivity index (χ4n) is 3.32. The van der Waals surface area contributed by atoms with Gasteiger partial charge in [-0.15, -0.1) is 0 Å². The van der Waals surface area contributed by atoms with Crippen LogP contribution in [0.25, 0.3) is 22.4 Å². The molecule has 0 amide bonds. The molecule has 1 aromatic carbocycles. The predicted octanol–water partition coefficient (Wildman–Crippen LogP) is 3.06. The summed E-state index contributed by atoms with van der Waals surface area (Å²) < 4.78 is 29.2. The minimum absolute atomic E-state index is 0.0439. The zero-order valence-electron chi connectivity index (χ0n) is 14.7. The number of imidazole rings is 1. The van der Waals surface area contributed by atoms with Crippen molar-refractivity contribution in [2.45, 2.75) is 25.8 Å². The molecule has 3 aromatic rings. The number of hydrogen-bond donors (Lipinski definition) is 1. The Hall–Kier alpha value is -3.03. The van der Waals surface area contributed by atoms with Gasteiger partial charge in [0.05, 0.1) is 16.8 Å². The van der Waals surface area contributed by atoms with Gasteiger partial charge in [-0.3, -0.25) is 9.13 Å². The normalized spacial score (nSPS) is 18.0. The summed E-state index contributed by atoms with van der Waals surface area (Å²) in [6, 6.07) is 8.10. The van der Waals surface area contributed by atoms with E-state index in [-0.39, 0.29) is 18.5 Å². The van der Waals surface area contributed by atoms with Crippen LogP contribution in [0, 0.1) is 12.8 Å². The number of carbonyl (C=O) groups is 1. The van der Waals surface area contributed by atoms with Crippen LogP contribution in [-0.2, 0) is 13.6 Å². The maximum Gasteiger partial charge on any atom is 0.335 e. The molecule has 0 aliphatic heterocycles. The van der Waals surface area contributed by atoms with Crippen LogP contribution in [0.5, 0.6) is 0 Å². The SMILES string of the molecule is Cc1ccc(C(=O)O)cc1-c1ccc2c(n1)n(C)c(=O)n2CC1CC1(F)F. The minimum Gasteiger partial charge on any atom is -0.478 e. The van der Waals surface area contributed by atoms with Crippen molar-refractivity contribution < 1.29 is 18.7 Å². The predicted molar refractivity (Wildman–Crippen MR) is 95.2 cm³/mol. The van der Waals surface area contributed by atoms with E-state index in [2.05, 4.69) is 4.98 Å². The van der Waals surface area contributed by atoms with Gasteiger partial charge in [0.1, 0.15) is 0 Å². The third-order valence-corrected chi connectivity index (χ3v) is 5.10. The van der Waals surface area contributed by atoms with Crippen molar-refractivity contribution in [3.8, 4) is 11.3 Å². The Labute approximate surface area is 152 Å². The molecule has 140 valence electrons. The molecule has 0 bridgehead atoms. The van der Waals surface area contributed by atoms with Gasteiger partial charge in [-0.1, -0.05) is 6.07 Å². The van der Waals surface area contributed by atoms with E-state index >= 15 is 0 Å². The largest absolute Gasteiger partial charge is 0.478 e. The van der Waals surface area contributed by atoms with Crippen LogP contribution in [0.3, 0.4) is 0 Å². The Bertz CT molecular complexity index is 1150. The molecule has 0 spiro atoms. The van der Waals surface area contributed by atoms with Crippen LogP contribution in [0.15, 0.2) is 35.1 Å². The number of hydrogen-bond acceptors (Lipinski definition) is 3. The molecular formula is C19H17F2N3O3. The standard InChI is InChI=1S/C19H17F2N3O3/c1-10-3-4-11(17(25)26)7-13(10)14-5-6-15-16(22-14)23(2)18(27)24(15)9-12-8-19(12,20)21/h3-7,12H,8-9H2,1-2H3,(H,25,26). The monoisotopic (exact) mass is 373 g/mol. The average Bonchev–Trinajstić information content (AvgIpc) is 3.16. The zero-order valence-corrected chi connectivity index (χ0v) is 14.7. The number of benzene rings is 1. The van der Waals surface area contributed by atoms with Crippen LogP contribution < -0.4 is 5.69 Å². The van der Waals surface area contributed by atoms with Gasteiger partial charge in [0.25, 0.3) is 5.92 Å². The van der Waals surface area contributed by atoms with E-state index < -0.39 is 23.5 Å². The molecule has 2 heterocycles. The molecule has 0 radical (unpaired) electrons. The third kappa shape index (κ3) is 2.81. The number of fused-ring (bicyclic) bond motifs is 1. The lowest BCUT2D eigenvalue weighted by Crippen LogP contribution is -2.23. The molecule has 0 saturated heterocycles. The third-order valence-electron chi connectivity index (χ3n) is 5.10. The molecule has 1 atom stereocenters. The highest BCUT2D eigenvalue weighted by atomic mass is 19.3. The van der Waals surface area contributed by atoms with Gasteiger partial charge >= 0.3 is 11.7 Å². The highest BCUT2D eigenvalue weighted by molar-refractivity contribution is 5.90. The minimum atomic E-state index is -2.71. The quantitative estimate of drug-likeness (QED) is 0.763. The molecule has 1 aliphatic rings. The van der Waals surface area contributed by atoms with Crippen molar-refractivity contribution in [2.75, 3.05) is 0 Å². The summed E-state index contributed by atoms with van der Waals surface area (Å²) in [5, 5.41) is 9.20. The van der Waals surface area contributed by atoms with Crippen LogP contribution in [0.4, 0.5) is 8.78 Å². The van der Waals surface area contributed by atoms with E-state index in [0.717, 1.165) is 5.56 Å². The lowest BCUT2D eigenvalue weighted by molar-refractivity contribution is 0.0696. The molecule has 8 heteroatoms. The Morgan fingerprint density at radius 2 is 2.04 bits per heavy atom. The summed E-state index contributed by atoms with van der Waals surface area (Å²) in [7, 11) is 1.55. The molecule has 1 unspecified atom stereocenters. The van der Waals surface area contributed by atoms with Gasteiger partial charge in [-0.25, -0.2) is 23.4 Å². The van der Waals surface area contributed by atoms with Gasteiger partial charge in [-0.05, 0) is 36.8 Å². The van der Waals surface area contributed by atoms with Crippen molar-refractivity contribution in [3.05, 3.63) is 51.9 Å². The first-order valence-corrected chi connectivity index (χ1v) is 8.47. The van der Waals surface area contributed by atoms with Crippen molar-refractivity contribution >= 4 is 17.1 Å². The lowest BCUT2D eigenvalue weighted by atomic mass is 10.0. The second-order valence-corrected chi connectivity index (χ2v) is 6.99. The molecule has 27 heavy (non-hydrogen) atoms. The van der Waals surface area contributed by atoms with E-state index in [9.17, 15) is 23.5 Å². The summed E-state index contributed by atoms with van der Waals surface area (Å²) in [4.78, 5) is 28.2. The van der Waals surface area contributed by atoms with Crippen LogP contribution in [0.1, 0.15) is 22.3 Å². The second kappa shape index (κ2) is 5.73. The maximum atomic E-state index is 13.3. The first-order valence-electron chi connectivity index (χ1n) is 8.47. The average molecular weight is 373 g/mol. The smallest absolute Gasteiger partial charge is 0.335 e. The Kier molecular flexibility index (Phi) is 3.69. The molecule has 1 N–H and O–H groups in total. The Morgan fingerprint density at radius 1 is 1.33 bits per heavy atom. The molecule has 1 aliphatic carbocycles. The van der Waals surface area contributed by atoms with E-state index in [1.165, 1.54) is 21.3 Å². The number of halogens is 2. The maximum absolute atomic E-state index is 13.3. The Balaban J connectivity index is 1.82. The highest BCUT2D eigenvalue weighted by Gasteiger charge is 2.57. The fourth-order valence-corrected chi connectivity index (χ4v) is 3.32. The molecule has 1 saturated carbocycles.